The first-order valence-electron chi connectivity index (χ1n) is 3.58. The summed E-state index contributed by atoms with van der Waals surface area (Å²) in [7, 11) is 0. The van der Waals surface area contributed by atoms with Crippen LogP contribution in [0.4, 0.5) is 0 Å². The maximum absolute atomic E-state index is 5.73. The molecule has 0 radical (unpaired) electrons. The summed E-state index contributed by atoms with van der Waals surface area (Å²) in [6.45, 7) is 5.03. The monoisotopic (exact) mass is 160 g/mol. The molecule has 0 atom stereocenters. The van der Waals surface area contributed by atoms with Gasteiger partial charge in [0, 0.05) is 11.3 Å². The van der Waals surface area contributed by atoms with E-state index in [9.17, 15) is 0 Å². The summed E-state index contributed by atoms with van der Waals surface area (Å²) in [6, 6.07) is 0. The molecule has 1 aliphatic rings. The topological polar surface area (TPSA) is 9.23 Å². The summed E-state index contributed by atoms with van der Waals surface area (Å²) < 4.78 is 5.30. The van der Waals surface area contributed by atoms with Gasteiger partial charge in [-0.05, 0) is 12.8 Å². The maximum Gasteiger partial charge on any atom is 0.0645 e. The van der Waals surface area contributed by atoms with Gasteiger partial charge in [-0.2, -0.15) is 0 Å². The van der Waals surface area contributed by atoms with E-state index >= 15 is 0 Å². The molecule has 0 amide bonds. The predicted octanol–water partition coefficient (Wildman–Crippen LogP) is 2.21. The molecule has 58 valence electrons. The van der Waals surface area contributed by atoms with E-state index in [1.54, 1.807) is 6.08 Å². The van der Waals surface area contributed by atoms with Crippen LogP contribution >= 0.6 is 11.6 Å². The highest BCUT2D eigenvalue weighted by Gasteiger charge is 2.41. The van der Waals surface area contributed by atoms with Gasteiger partial charge in [0.25, 0.3) is 0 Å². The highest BCUT2D eigenvalue weighted by Crippen LogP contribution is 2.46. The zero-order valence-corrected chi connectivity index (χ0v) is 6.86. The van der Waals surface area contributed by atoms with Crippen LogP contribution in [0.2, 0.25) is 0 Å². The summed E-state index contributed by atoms with van der Waals surface area (Å²) >= 11 is 5.73. The molecule has 1 nitrogen and oxygen atoms in total. The molecule has 0 unspecified atom stereocenters. The van der Waals surface area contributed by atoms with Crippen molar-refractivity contribution in [3.63, 3.8) is 0 Å². The normalized spacial score (nSPS) is 20.5. The third kappa shape index (κ3) is 1.99. The van der Waals surface area contributed by atoms with Gasteiger partial charge < -0.3 is 4.74 Å². The van der Waals surface area contributed by atoms with Gasteiger partial charge in [0.1, 0.15) is 0 Å². The van der Waals surface area contributed by atoms with Crippen LogP contribution in [0, 0.1) is 5.41 Å². The number of alkyl halides is 1. The fourth-order valence-electron chi connectivity index (χ4n) is 0.852. The molecular formula is C8H13ClO. The Labute approximate surface area is 67.0 Å². The first kappa shape index (κ1) is 8.09. The summed E-state index contributed by atoms with van der Waals surface area (Å²) in [5.41, 5.74) is 0.338. The van der Waals surface area contributed by atoms with Crippen LogP contribution in [0.1, 0.15) is 12.8 Å². The van der Waals surface area contributed by atoms with E-state index in [0.717, 1.165) is 12.5 Å². The van der Waals surface area contributed by atoms with E-state index in [2.05, 4.69) is 6.58 Å². The second-order valence-corrected chi connectivity index (χ2v) is 3.20. The average molecular weight is 161 g/mol. The Morgan fingerprint density at radius 2 is 2.30 bits per heavy atom. The van der Waals surface area contributed by atoms with Gasteiger partial charge in [0.2, 0.25) is 0 Å². The molecule has 0 aromatic carbocycles. The van der Waals surface area contributed by atoms with Crippen molar-refractivity contribution >= 4 is 11.6 Å². The molecule has 0 aromatic heterocycles. The van der Waals surface area contributed by atoms with Crippen LogP contribution in [0.3, 0.4) is 0 Å². The Morgan fingerprint density at radius 3 is 2.70 bits per heavy atom. The third-order valence-electron chi connectivity index (χ3n) is 1.88. The molecule has 1 saturated carbocycles. The Balaban J connectivity index is 2.06. The highest BCUT2D eigenvalue weighted by atomic mass is 35.5. The molecule has 0 spiro atoms. The van der Waals surface area contributed by atoms with Crippen LogP contribution in [0.15, 0.2) is 12.7 Å². The van der Waals surface area contributed by atoms with E-state index in [1.165, 1.54) is 12.8 Å². The van der Waals surface area contributed by atoms with Crippen molar-refractivity contribution < 1.29 is 4.74 Å². The zero-order valence-electron chi connectivity index (χ0n) is 6.11. The molecule has 1 fully saturated rings. The Bertz CT molecular complexity index is 118. The molecule has 0 bridgehead atoms. The Hall–Kier alpha value is -0.0100. The van der Waals surface area contributed by atoms with Crippen LogP contribution in [-0.4, -0.2) is 19.1 Å². The van der Waals surface area contributed by atoms with Crippen molar-refractivity contribution in [2.24, 2.45) is 5.41 Å². The first-order chi connectivity index (χ1) is 4.83. The van der Waals surface area contributed by atoms with Gasteiger partial charge >= 0.3 is 0 Å². The summed E-state index contributed by atoms with van der Waals surface area (Å²) in [6.07, 6.45) is 4.23. The molecule has 0 saturated heterocycles. The minimum absolute atomic E-state index is 0.338. The molecule has 0 aromatic rings. The molecular weight excluding hydrogens is 148 g/mol. The number of hydrogen-bond donors (Lipinski definition) is 0. The molecule has 0 heterocycles. The molecule has 1 rings (SSSR count). The SMILES string of the molecule is C=CCOCC1(CCl)CC1. The lowest BCUT2D eigenvalue weighted by atomic mass is 10.2. The number of hydrogen-bond acceptors (Lipinski definition) is 1. The van der Waals surface area contributed by atoms with Gasteiger partial charge in [-0.1, -0.05) is 6.08 Å². The van der Waals surface area contributed by atoms with Gasteiger partial charge in [0.15, 0.2) is 0 Å². The van der Waals surface area contributed by atoms with E-state index < -0.39 is 0 Å². The van der Waals surface area contributed by atoms with Gasteiger partial charge in [-0.25, -0.2) is 0 Å². The van der Waals surface area contributed by atoms with Gasteiger partial charge in [0.05, 0.1) is 13.2 Å². The van der Waals surface area contributed by atoms with Crippen molar-refractivity contribution in [3.05, 3.63) is 12.7 Å². The summed E-state index contributed by atoms with van der Waals surface area (Å²) in [4.78, 5) is 0. The van der Waals surface area contributed by atoms with Crippen molar-refractivity contribution in [1.29, 1.82) is 0 Å². The first-order valence-corrected chi connectivity index (χ1v) is 4.11. The molecule has 0 N–H and O–H groups in total. The predicted molar refractivity (Wildman–Crippen MR) is 43.4 cm³/mol. The average Bonchev–Trinajstić information content (AvgIpc) is 2.70. The van der Waals surface area contributed by atoms with Crippen molar-refractivity contribution in [3.8, 4) is 0 Å². The fraction of sp³-hybridized carbons (Fsp3) is 0.750. The van der Waals surface area contributed by atoms with Crippen LogP contribution in [0.5, 0.6) is 0 Å². The summed E-state index contributed by atoms with van der Waals surface area (Å²) in [5, 5.41) is 0. The fourth-order valence-corrected chi connectivity index (χ4v) is 1.20. The van der Waals surface area contributed by atoms with Crippen molar-refractivity contribution in [2.75, 3.05) is 19.1 Å². The van der Waals surface area contributed by atoms with Crippen LogP contribution in [0.25, 0.3) is 0 Å². The van der Waals surface area contributed by atoms with Crippen molar-refractivity contribution in [1.82, 2.24) is 0 Å². The smallest absolute Gasteiger partial charge is 0.0645 e. The number of ether oxygens (including phenoxy) is 1. The quantitative estimate of drug-likeness (QED) is 0.341. The van der Waals surface area contributed by atoms with E-state index in [4.69, 9.17) is 16.3 Å². The Morgan fingerprint density at radius 1 is 1.60 bits per heavy atom. The summed E-state index contributed by atoms with van der Waals surface area (Å²) in [5.74, 6) is 0.740. The van der Waals surface area contributed by atoms with Gasteiger partial charge in [-0.15, -0.1) is 18.2 Å². The lowest BCUT2D eigenvalue weighted by Gasteiger charge is -2.09. The Kier molecular flexibility index (Phi) is 2.75. The standard InChI is InChI=1S/C8H13ClO/c1-2-5-10-7-8(6-9)3-4-8/h2H,1,3-7H2. The van der Waals surface area contributed by atoms with Gasteiger partial charge in [-0.3, -0.25) is 0 Å². The van der Waals surface area contributed by atoms with Crippen LogP contribution in [-0.2, 0) is 4.74 Å². The maximum atomic E-state index is 5.73. The highest BCUT2D eigenvalue weighted by molar-refractivity contribution is 6.18. The second-order valence-electron chi connectivity index (χ2n) is 2.94. The zero-order chi connectivity index (χ0) is 7.45. The molecule has 0 aliphatic heterocycles. The largest absolute Gasteiger partial charge is 0.377 e. The van der Waals surface area contributed by atoms with E-state index in [-0.39, 0.29) is 0 Å². The van der Waals surface area contributed by atoms with E-state index in [1.807, 2.05) is 0 Å². The molecule has 1 aliphatic carbocycles. The minimum atomic E-state index is 0.338. The lowest BCUT2D eigenvalue weighted by molar-refractivity contribution is 0.121. The van der Waals surface area contributed by atoms with E-state index in [0.29, 0.717) is 12.0 Å². The molecule has 10 heavy (non-hydrogen) atoms. The van der Waals surface area contributed by atoms with Crippen molar-refractivity contribution in [2.45, 2.75) is 12.8 Å². The lowest BCUT2D eigenvalue weighted by Crippen LogP contribution is -2.11. The molecule has 2 heteroatoms. The van der Waals surface area contributed by atoms with Crippen LogP contribution < -0.4 is 0 Å². The third-order valence-corrected chi connectivity index (χ3v) is 2.45. The minimum Gasteiger partial charge on any atom is -0.377 e. The number of rotatable bonds is 5. The second kappa shape index (κ2) is 3.40. The number of halogens is 1.